The summed E-state index contributed by atoms with van der Waals surface area (Å²) in [6, 6.07) is 31.2. The maximum absolute atomic E-state index is 14.2. The summed E-state index contributed by atoms with van der Waals surface area (Å²) in [5.74, 6) is -0.276. The third-order valence-corrected chi connectivity index (χ3v) is 6.20. The van der Waals surface area contributed by atoms with Crippen LogP contribution >= 0.6 is 0 Å². The molecule has 4 nitrogen and oxygen atoms in total. The fourth-order valence-corrected chi connectivity index (χ4v) is 4.83. The summed E-state index contributed by atoms with van der Waals surface area (Å²) in [6.45, 7) is 0. The Labute approximate surface area is 188 Å². The van der Waals surface area contributed by atoms with Crippen LogP contribution in [0.5, 0.6) is 0 Å². The molecule has 0 saturated heterocycles. The minimum Gasteiger partial charge on any atom is -0.294 e. The van der Waals surface area contributed by atoms with Gasteiger partial charge in [0, 0.05) is 28.0 Å². The second-order valence-electron chi connectivity index (χ2n) is 8.11. The fraction of sp³-hybridized carbons (Fsp3) is 0. The molecule has 0 atom stereocenters. The van der Waals surface area contributed by atoms with E-state index in [1.54, 1.807) is 12.1 Å². The molecule has 0 bridgehead atoms. The standard InChI is InChI=1S/C28H17FN4/c29-18-8-6-11-20(16-18)33-24-13-5-4-12-21(24)22-17-23-26-25(14-7-15-30-26)32(28(23)31-27(22)33)19-9-2-1-3-10-19/h1-17H. The second kappa shape index (κ2) is 6.74. The molecule has 0 unspecified atom stereocenters. The van der Waals surface area contributed by atoms with E-state index in [2.05, 4.69) is 34.9 Å². The van der Waals surface area contributed by atoms with E-state index in [0.29, 0.717) is 0 Å². The molecule has 0 amide bonds. The molecule has 0 fully saturated rings. The molecular formula is C28H17FN4. The molecule has 0 aliphatic carbocycles. The maximum Gasteiger partial charge on any atom is 0.149 e. The summed E-state index contributed by atoms with van der Waals surface area (Å²) in [5.41, 5.74) is 6.27. The van der Waals surface area contributed by atoms with Crippen LogP contribution in [0.25, 0.3) is 55.4 Å². The minimum atomic E-state index is -0.276. The van der Waals surface area contributed by atoms with E-state index in [9.17, 15) is 4.39 Å². The van der Waals surface area contributed by atoms with E-state index in [-0.39, 0.29) is 5.82 Å². The first-order valence-electron chi connectivity index (χ1n) is 10.8. The quantitative estimate of drug-likeness (QED) is 0.303. The van der Waals surface area contributed by atoms with Crippen LogP contribution in [0, 0.1) is 5.82 Å². The van der Waals surface area contributed by atoms with Crippen molar-refractivity contribution in [3.8, 4) is 11.4 Å². The van der Waals surface area contributed by atoms with Gasteiger partial charge in [-0.15, -0.1) is 0 Å². The molecule has 156 valence electrons. The van der Waals surface area contributed by atoms with E-state index >= 15 is 0 Å². The second-order valence-corrected chi connectivity index (χ2v) is 8.11. The molecule has 0 N–H and O–H groups in total. The number of nitrogens with zero attached hydrogens (tertiary/aromatic N) is 4. The molecule has 0 saturated carbocycles. The Balaban J connectivity index is 1.70. The van der Waals surface area contributed by atoms with Gasteiger partial charge in [-0.2, -0.15) is 0 Å². The van der Waals surface area contributed by atoms with Gasteiger partial charge in [0.05, 0.1) is 22.2 Å². The Kier molecular flexibility index (Phi) is 3.70. The normalized spacial score (nSPS) is 11.8. The third kappa shape index (κ3) is 2.56. The van der Waals surface area contributed by atoms with Crippen molar-refractivity contribution in [1.29, 1.82) is 0 Å². The first-order valence-corrected chi connectivity index (χ1v) is 10.8. The molecule has 33 heavy (non-hydrogen) atoms. The monoisotopic (exact) mass is 428 g/mol. The van der Waals surface area contributed by atoms with Gasteiger partial charge in [-0.05, 0) is 54.6 Å². The Bertz CT molecular complexity index is 1830. The number of aromatic nitrogens is 4. The van der Waals surface area contributed by atoms with Crippen molar-refractivity contribution in [2.45, 2.75) is 0 Å². The van der Waals surface area contributed by atoms with Gasteiger partial charge in [0.15, 0.2) is 0 Å². The van der Waals surface area contributed by atoms with Gasteiger partial charge in [-0.3, -0.25) is 14.1 Å². The van der Waals surface area contributed by atoms with Crippen LogP contribution in [0.1, 0.15) is 0 Å². The highest BCUT2D eigenvalue weighted by molar-refractivity contribution is 6.15. The molecule has 7 aromatic rings. The molecule has 0 radical (unpaired) electrons. The largest absolute Gasteiger partial charge is 0.294 e. The predicted octanol–water partition coefficient (Wildman–Crippen LogP) is 6.81. The molecule has 4 aromatic heterocycles. The summed E-state index contributed by atoms with van der Waals surface area (Å²) in [5, 5.41) is 3.08. The van der Waals surface area contributed by atoms with E-state index in [1.807, 2.05) is 59.3 Å². The SMILES string of the molecule is Fc1cccc(-n2c3ccccc3c3cc4c5ncccc5n(-c5ccccc5)c4nc32)c1. The number of hydrogen-bond donors (Lipinski definition) is 0. The van der Waals surface area contributed by atoms with Crippen molar-refractivity contribution in [3.05, 3.63) is 109 Å². The van der Waals surface area contributed by atoms with Crippen LogP contribution < -0.4 is 0 Å². The summed E-state index contributed by atoms with van der Waals surface area (Å²) >= 11 is 0. The van der Waals surface area contributed by atoms with Crippen LogP contribution in [-0.2, 0) is 0 Å². The number of pyridine rings is 2. The van der Waals surface area contributed by atoms with Gasteiger partial charge < -0.3 is 0 Å². The van der Waals surface area contributed by atoms with Crippen LogP contribution in [0.2, 0.25) is 0 Å². The maximum atomic E-state index is 14.2. The lowest BCUT2D eigenvalue weighted by Gasteiger charge is -2.09. The van der Waals surface area contributed by atoms with Gasteiger partial charge >= 0.3 is 0 Å². The van der Waals surface area contributed by atoms with Crippen LogP contribution in [0.15, 0.2) is 103 Å². The fourth-order valence-electron chi connectivity index (χ4n) is 4.83. The Morgan fingerprint density at radius 1 is 0.576 bits per heavy atom. The zero-order valence-corrected chi connectivity index (χ0v) is 17.5. The van der Waals surface area contributed by atoms with E-state index in [4.69, 9.17) is 9.97 Å². The van der Waals surface area contributed by atoms with Gasteiger partial charge in [-0.25, -0.2) is 9.37 Å². The van der Waals surface area contributed by atoms with Gasteiger partial charge in [0.2, 0.25) is 0 Å². The highest BCUT2D eigenvalue weighted by Gasteiger charge is 2.20. The molecule has 3 aromatic carbocycles. The van der Waals surface area contributed by atoms with Crippen molar-refractivity contribution in [1.82, 2.24) is 19.1 Å². The summed E-state index contributed by atoms with van der Waals surface area (Å²) < 4.78 is 18.4. The van der Waals surface area contributed by atoms with Crippen molar-refractivity contribution >= 4 is 44.0 Å². The van der Waals surface area contributed by atoms with Gasteiger partial charge in [0.1, 0.15) is 17.1 Å². The Morgan fingerprint density at radius 3 is 2.18 bits per heavy atom. The average molecular weight is 428 g/mol. The summed E-state index contributed by atoms with van der Waals surface area (Å²) in [4.78, 5) is 9.90. The molecule has 0 spiro atoms. The van der Waals surface area contributed by atoms with Crippen molar-refractivity contribution in [2.24, 2.45) is 0 Å². The molecule has 4 heterocycles. The third-order valence-electron chi connectivity index (χ3n) is 6.20. The Morgan fingerprint density at radius 2 is 1.30 bits per heavy atom. The first-order chi connectivity index (χ1) is 16.3. The topological polar surface area (TPSA) is 35.6 Å². The van der Waals surface area contributed by atoms with Gasteiger partial charge in [-0.1, -0.05) is 42.5 Å². The summed E-state index contributed by atoms with van der Waals surface area (Å²) in [6.07, 6.45) is 1.82. The number of hydrogen-bond acceptors (Lipinski definition) is 2. The van der Waals surface area contributed by atoms with Gasteiger partial charge in [0.25, 0.3) is 0 Å². The molecule has 7 rings (SSSR count). The number of benzene rings is 3. The lowest BCUT2D eigenvalue weighted by molar-refractivity contribution is 0.627. The van der Waals surface area contributed by atoms with Crippen molar-refractivity contribution < 1.29 is 4.39 Å². The van der Waals surface area contributed by atoms with Crippen LogP contribution in [0.3, 0.4) is 0 Å². The number of halogens is 1. The van der Waals surface area contributed by atoms with E-state index < -0.39 is 0 Å². The predicted molar refractivity (Wildman–Crippen MR) is 131 cm³/mol. The molecule has 0 aliphatic heterocycles. The first kappa shape index (κ1) is 18.1. The zero-order chi connectivity index (χ0) is 21.9. The lowest BCUT2D eigenvalue weighted by atomic mass is 10.1. The summed E-state index contributed by atoms with van der Waals surface area (Å²) in [7, 11) is 0. The molecular weight excluding hydrogens is 411 g/mol. The van der Waals surface area contributed by atoms with Crippen molar-refractivity contribution in [3.63, 3.8) is 0 Å². The highest BCUT2D eigenvalue weighted by Crippen LogP contribution is 2.36. The Hall–Kier alpha value is -4.51. The molecule has 0 aliphatic rings. The van der Waals surface area contributed by atoms with E-state index in [0.717, 1.165) is 55.4 Å². The smallest absolute Gasteiger partial charge is 0.149 e. The average Bonchev–Trinajstić information content (AvgIpc) is 3.35. The minimum absolute atomic E-state index is 0.276. The zero-order valence-electron chi connectivity index (χ0n) is 17.5. The number of rotatable bonds is 2. The molecule has 5 heteroatoms. The van der Waals surface area contributed by atoms with Crippen LogP contribution in [-0.4, -0.2) is 19.1 Å². The van der Waals surface area contributed by atoms with Crippen molar-refractivity contribution in [2.75, 3.05) is 0 Å². The van der Waals surface area contributed by atoms with E-state index in [1.165, 1.54) is 6.07 Å². The number of fused-ring (bicyclic) bond motifs is 6. The number of para-hydroxylation sites is 2. The highest BCUT2D eigenvalue weighted by atomic mass is 19.1. The lowest BCUT2D eigenvalue weighted by Crippen LogP contribution is -1.99. The van der Waals surface area contributed by atoms with Crippen LogP contribution in [0.4, 0.5) is 4.39 Å².